The molecule has 3 heterocycles. The molecule has 0 saturated carbocycles. The third-order valence-corrected chi connectivity index (χ3v) is 8.11. The van der Waals surface area contributed by atoms with Gasteiger partial charge in [-0.15, -0.1) is 11.3 Å². The first-order chi connectivity index (χ1) is 13.4. The zero-order chi connectivity index (χ0) is 19.9. The summed E-state index contributed by atoms with van der Waals surface area (Å²) in [5.41, 5.74) is 4.56. The van der Waals surface area contributed by atoms with E-state index in [1.807, 2.05) is 0 Å². The molecule has 0 radical (unpaired) electrons. The van der Waals surface area contributed by atoms with E-state index in [2.05, 4.69) is 53.6 Å². The molecular formula is C20H26N4O2S2. The molecule has 150 valence electrons. The lowest BCUT2D eigenvalue weighted by molar-refractivity contribution is 0.180. The number of thiazole rings is 1. The normalized spacial score (nSPS) is 16.8. The Morgan fingerprint density at radius 3 is 2.39 bits per heavy atom. The van der Waals surface area contributed by atoms with Crippen LogP contribution < -0.4 is 0 Å². The Labute approximate surface area is 170 Å². The maximum absolute atomic E-state index is 12.1. The number of piperazine rings is 1. The predicted molar refractivity (Wildman–Crippen MR) is 114 cm³/mol. The van der Waals surface area contributed by atoms with Gasteiger partial charge >= 0.3 is 0 Å². The maximum atomic E-state index is 12.1. The molecule has 1 aliphatic heterocycles. The fraction of sp³-hybridized carbons (Fsp3) is 0.450. The van der Waals surface area contributed by atoms with E-state index < -0.39 is 10.0 Å². The number of nitrogens with zero attached hydrogens (tertiary/aromatic N) is 4. The summed E-state index contributed by atoms with van der Waals surface area (Å²) in [6.45, 7) is 9.25. The van der Waals surface area contributed by atoms with Crippen LogP contribution in [0.1, 0.15) is 23.1 Å². The molecule has 8 heteroatoms. The van der Waals surface area contributed by atoms with Crippen molar-refractivity contribution in [2.75, 3.05) is 31.9 Å². The van der Waals surface area contributed by atoms with Crippen molar-refractivity contribution in [3.05, 3.63) is 46.6 Å². The summed E-state index contributed by atoms with van der Waals surface area (Å²) in [4.78, 5) is 9.49. The van der Waals surface area contributed by atoms with Crippen molar-refractivity contribution in [1.82, 2.24) is 18.6 Å². The summed E-state index contributed by atoms with van der Waals surface area (Å²) in [6.07, 6.45) is 2.15. The molecule has 0 unspecified atom stereocenters. The van der Waals surface area contributed by atoms with Gasteiger partial charge in [-0.25, -0.2) is 13.4 Å². The lowest BCUT2D eigenvalue weighted by Crippen LogP contribution is -2.48. The second-order valence-corrected chi connectivity index (χ2v) is 10.8. The number of sulfonamides is 1. The van der Waals surface area contributed by atoms with E-state index in [-0.39, 0.29) is 5.75 Å². The Hall–Kier alpha value is -1.74. The molecule has 0 bridgehead atoms. The lowest BCUT2D eigenvalue weighted by atomic mass is 10.1. The van der Waals surface area contributed by atoms with E-state index in [0.29, 0.717) is 13.1 Å². The van der Waals surface area contributed by atoms with E-state index in [1.165, 1.54) is 16.1 Å². The standard InChI is InChI=1S/C20H26N4O2S2/c1-4-28(25,26)23-11-9-22(10-12-23)14-18-19(17-7-5-15(2)6-8-17)21-20-24(18)13-16(3)27-20/h5-8,13H,4,9-12,14H2,1-3H3. The quantitative estimate of drug-likeness (QED) is 0.639. The van der Waals surface area contributed by atoms with E-state index >= 15 is 0 Å². The fourth-order valence-corrected chi connectivity index (χ4v) is 5.58. The predicted octanol–water partition coefficient (Wildman–Crippen LogP) is 3.15. The Morgan fingerprint density at radius 2 is 1.75 bits per heavy atom. The van der Waals surface area contributed by atoms with Gasteiger partial charge in [0.05, 0.1) is 17.1 Å². The minimum Gasteiger partial charge on any atom is -0.295 e. The summed E-state index contributed by atoms with van der Waals surface area (Å²) in [5.74, 6) is 0.169. The number of hydrogen-bond donors (Lipinski definition) is 0. The van der Waals surface area contributed by atoms with Crippen molar-refractivity contribution in [3.63, 3.8) is 0 Å². The molecule has 1 aliphatic rings. The van der Waals surface area contributed by atoms with Gasteiger partial charge in [0.15, 0.2) is 4.96 Å². The Kier molecular flexibility index (Phi) is 5.30. The van der Waals surface area contributed by atoms with Crippen molar-refractivity contribution in [2.24, 2.45) is 0 Å². The van der Waals surface area contributed by atoms with Crippen molar-refractivity contribution < 1.29 is 8.42 Å². The van der Waals surface area contributed by atoms with E-state index in [1.54, 1.807) is 22.6 Å². The number of fused-ring (bicyclic) bond motifs is 1. The van der Waals surface area contributed by atoms with E-state index in [9.17, 15) is 8.42 Å². The summed E-state index contributed by atoms with van der Waals surface area (Å²) < 4.78 is 28.0. The van der Waals surface area contributed by atoms with Crippen molar-refractivity contribution in [2.45, 2.75) is 27.3 Å². The van der Waals surface area contributed by atoms with Crippen LogP contribution in [-0.2, 0) is 16.6 Å². The molecule has 0 amide bonds. The second-order valence-electron chi connectivity index (χ2n) is 7.34. The highest BCUT2D eigenvalue weighted by Gasteiger charge is 2.27. The topological polar surface area (TPSA) is 57.9 Å². The van der Waals surface area contributed by atoms with Crippen LogP contribution in [0.3, 0.4) is 0 Å². The number of hydrogen-bond acceptors (Lipinski definition) is 5. The van der Waals surface area contributed by atoms with Gasteiger partial charge < -0.3 is 0 Å². The van der Waals surface area contributed by atoms with Crippen molar-refractivity contribution >= 4 is 26.3 Å². The first kappa shape index (κ1) is 19.6. The smallest absolute Gasteiger partial charge is 0.213 e. The van der Waals surface area contributed by atoms with Crippen molar-refractivity contribution in [3.8, 4) is 11.3 Å². The lowest BCUT2D eigenvalue weighted by Gasteiger charge is -2.33. The third-order valence-electron chi connectivity index (χ3n) is 5.33. The highest BCUT2D eigenvalue weighted by atomic mass is 32.2. The van der Waals surface area contributed by atoms with Crippen LogP contribution >= 0.6 is 11.3 Å². The molecule has 28 heavy (non-hydrogen) atoms. The SMILES string of the molecule is CCS(=O)(=O)N1CCN(Cc2c(-c3ccc(C)cc3)nc3sc(C)cn23)CC1. The molecule has 0 aliphatic carbocycles. The molecule has 0 atom stereocenters. The molecule has 1 aromatic carbocycles. The monoisotopic (exact) mass is 418 g/mol. The molecule has 2 aromatic heterocycles. The van der Waals surface area contributed by atoms with Gasteiger partial charge in [-0.1, -0.05) is 29.8 Å². The second kappa shape index (κ2) is 7.59. The Morgan fingerprint density at radius 1 is 1.07 bits per heavy atom. The number of benzene rings is 1. The van der Waals surface area contributed by atoms with Crippen molar-refractivity contribution in [1.29, 1.82) is 0 Å². The number of imidazole rings is 1. The summed E-state index contributed by atoms with van der Waals surface area (Å²) >= 11 is 1.70. The highest BCUT2D eigenvalue weighted by Crippen LogP contribution is 2.29. The molecule has 1 saturated heterocycles. The minimum atomic E-state index is -3.10. The molecular weight excluding hydrogens is 392 g/mol. The molecule has 0 N–H and O–H groups in total. The van der Waals surface area contributed by atoms with Crippen LogP contribution in [0, 0.1) is 13.8 Å². The van der Waals surface area contributed by atoms with Crippen LogP contribution in [0.5, 0.6) is 0 Å². The van der Waals surface area contributed by atoms with Crippen LogP contribution in [-0.4, -0.2) is 58.9 Å². The summed E-state index contributed by atoms with van der Waals surface area (Å²) in [6, 6.07) is 8.49. The zero-order valence-corrected chi connectivity index (χ0v) is 18.2. The van der Waals surface area contributed by atoms with E-state index in [0.717, 1.165) is 35.9 Å². The zero-order valence-electron chi connectivity index (χ0n) is 16.6. The molecule has 0 spiro atoms. The van der Waals surface area contributed by atoms with E-state index in [4.69, 9.17) is 4.98 Å². The maximum Gasteiger partial charge on any atom is 0.213 e. The largest absolute Gasteiger partial charge is 0.295 e. The molecule has 3 aromatic rings. The summed E-state index contributed by atoms with van der Waals surface area (Å²) in [5, 5.41) is 0. The van der Waals surface area contributed by atoms with Gasteiger partial charge in [-0.3, -0.25) is 9.30 Å². The first-order valence-electron chi connectivity index (χ1n) is 9.62. The van der Waals surface area contributed by atoms with Gasteiger partial charge in [-0.2, -0.15) is 4.31 Å². The van der Waals surface area contributed by atoms with Gasteiger partial charge in [0.25, 0.3) is 0 Å². The number of rotatable bonds is 5. The Balaban J connectivity index is 1.61. The third kappa shape index (κ3) is 3.74. The van der Waals surface area contributed by atoms with Gasteiger partial charge in [0, 0.05) is 49.4 Å². The average Bonchev–Trinajstić information content (AvgIpc) is 3.20. The van der Waals surface area contributed by atoms with Crippen LogP contribution in [0.25, 0.3) is 16.2 Å². The number of aromatic nitrogens is 2. The fourth-order valence-electron chi connectivity index (χ4n) is 3.65. The highest BCUT2D eigenvalue weighted by molar-refractivity contribution is 7.89. The first-order valence-corrected chi connectivity index (χ1v) is 12.0. The van der Waals surface area contributed by atoms with Gasteiger partial charge in [0.1, 0.15) is 0 Å². The van der Waals surface area contributed by atoms with Gasteiger partial charge in [0.2, 0.25) is 10.0 Å². The average molecular weight is 419 g/mol. The molecule has 4 rings (SSSR count). The van der Waals surface area contributed by atoms with Gasteiger partial charge in [-0.05, 0) is 20.8 Å². The minimum absolute atomic E-state index is 0.169. The van der Waals surface area contributed by atoms with Crippen LogP contribution in [0.4, 0.5) is 0 Å². The molecule has 1 fully saturated rings. The van der Waals surface area contributed by atoms with Crippen LogP contribution in [0.15, 0.2) is 30.5 Å². The molecule has 6 nitrogen and oxygen atoms in total. The van der Waals surface area contributed by atoms with Crippen LogP contribution in [0.2, 0.25) is 0 Å². The number of aryl methyl sites for hydroxylation is 2. The Bertz CT molecular complexity index is 1080. The summed E-state index contributed by atoms with van der Waals surface area (Å²) in [7, 11) is -3.10.